The van der Waals surface area contributed by atoms with E-state index in [2.05, 4.69) is 10.2 Å². The first-order valence-electron chi connectivity index (χ1n) is 9.76. The number of rotatable bonds is 6. The van der Waals surface area contributed by atoms with Crippen LogP contribution in [0.15, 0.2) is 24.3 Å². The summed E-state index contributed by atoms with van der Waals surface area (Å²) in [6.07, 6.45) is 6.92. The SMILES string of the molecule is Cl.Cl.NC1(C(=O)NC2CCN(CCOc3ccc(Cl)cc3)CC2)CCCCC1. The van der Waals surface area contributed by atoms with Gasteiger partial charge in [0.1, 0.15) is 12.4 Å². The molecule has 2 fully saturated rings. The predicted octanol–water partition coefficient (Wildman–Crippen LogP) is 3.80. The van der Waals surface area contributed by atoms with Gasteiger partial charge in [0, 0.05) is 30.7 Å². The summed E-state index contributed by atoms with van der Waals surface area (Å²) in [7, 11) is 0. The van der Waals surface area contributed by atoms with E-state index in [1.807, 2.05) is 24.3 Å². The van der Waals surface area contributed by atoms with Crippen molar-refractivity contribution in [1.29, 1.82) is 0 Å². The molecule has 2 aliphatic rings. The van der Waals surface area contributed by atoms with Crippen LogP contribution >= 0.6 is 36.4 Å². The Balaban J connectivity index is 0.00000196. The van der Waals surface area contributed by atoms with E-state index in [9.17, 15) is 4.79 Å². The maximum Gasteiger partial charge on any atom is 0.240 e. The fourth-order valence-corrected chi connectivity index (χ4v) is 3.99. The topological polar surface area (TPSA) is 67.6 Å². The van der Waals surface area contributed by atoms with E-state index in [-0.39, 0.29) is 36.8 Å². The number of carbonyl (C=O) groups is 1. The number of hydrogen-bond donors (Lipinski definition) is 2. The molecule has 0 spiro atoms. The first-order valence-corrected chi connectivity index (χ1v) is 10.1. The van der Waals surface area contributed by atoms with Crippen LogP contribution in [-0.2, 0) is 4.79 Å². The zero-order valence-electron chi connectivity index (χ0n) is 16.2. The maximum absolute atomic E-state index is 12.5. The maximum atomic E-state index is 12.5. The third kappa shape index (κ3) is 7.27. The molecule has 5 nitrogen and oxygen atoms in total. The largest absolute Gasteiger partial charge is 0.492 e. The van der Waals surface area contributed by atoms with E-state index >= 15 is 0 Å². The minimum atomic E-state index is -0.637. The molecule has 1 saturated carbocycles. The van der Waals surface area contributed by atoms with Crippen LogP contribution in [0.25, 0.3) is 0 Å². The third-order valence-corrected chi connectivity index (χ3v) is 5.86. The number of likely N-dealkylation sites (tertiary alicyclic amines) is 1. The molecule has 0 atom stereocenters. The molecular formula is C20H32Cl3N3O2. The van der Waals surface area contributed by atoms with Crippen LogP contribution in [0.2, 0.25) is 5.02 Å². The highest BCUT2D eigenvalue weighted by Crippen LogP contribution is 2.26. The van der Waals surface area contributed by atoms with Gasteiger partial charge in [0.15, 0.2) is 0 Å². The highest BCUT2D eigenvalue weighted by atomic mass is 35.5. The van der Waals surface area contributed by atoms with Gasteiger partial charge in [-0.2, -0.15) is 0 Å². The van der Waals surface area contributed by atoms with Crippen molar-refractivity contribution in [3.05, 3.63) is 29.3 Å². The number of hydrogen-bond acceptors (Lipinski definition) is 4. The number of carbonyl (C=O) groups excluding carboxylic acids is 1. The monoisotopic (exact) mass is 451 g/mol. The molecule has 1 aliphatic heterocycles. The number of nitrogens with zero attached hydrogens (tertiary/aromatic N) is 1. The van der Waals surface area contributed by atoms with Gasteiger partial charge in [-0.05, 0) is 49.9 Å². The zero-order valence-corrected chi connectivity index (χ0v) is 18.6. The molecule has 1 aliphatic carbocycles. The van der Waals surface area contributed by atoms with E-state index in [1.54, 1.807) is 0 Å². The Bertz CT molecular complexity index is 587. The van der Waals surface area contributed by atoms with Crippen molar-refractivity contribution in [2.45, 2.75) is 56.5 Å². The molecule has 0 radical (unpaired) electrons. The van der Waals surface area contributed by atoms with Gasteiger partial charge < -0.3 is 15.8 Å². The molecule has 1 aromatic rings. The summed E-state index contributed by atoms with van der Waals surface area (Å²) in [5.41, 5.74) is 5.69. The first kappa shape index (κ1) is 25.3. The van der Waals surface area contributed by atoms with Gasteiger partial charge in [0.2, 0.25) is 5.91 Å². The van der Waals surface area contributed by atoms with Gasteiger partial charge in [-0.3, -0.25) is 9.69 Å². The first-order chi connectivity index (χ1) is 12.5. The molecule has 160 valence electrons. The van der Waals surface area contributed by atoms with Crippen molar-refractivity contribution in [3.8, 4) is 5.75 Å². The molecular weight excluding hydrogens is 421 g/mol. The number of benzene rings is 1. The van der Waals surface area contributed by atoms with E-state index < -0.39 is 5.54 Å². The highest BCUT2D eigenvalue weighted by molar-refractivity contribution is 6.30. The molecule has 1 heterocycles. The predicted molar refractivity (Wildman–Crippen MR) is 119 cm³/mol. The smallest absolute Gasteiger partial charge is 0.240 e. The number of amides is 1. The van der Waals surface area contributed by atoms with Crippen LogP contribution in [0.5, 0.6) is 5.75 Å². The number of nitrogens with one attached hydrogen (secondary N) is 1. The minimum absolute atomic E-state index is 0. The summed E-state index contributed by atoms with van der Waals surface area (Å²) in [5.74, 6) is 0.902. The van der Waals surface area contributed by atoms with Crippen molar-refractivity contribution in [2.24, 2.45) is 5.73 Å². The molecule has 0 aromatic heterocycles. The van der Waals surface area contributed by atoms with Gasteiger partial charge >= 0.3 is 0 Å². The van der Waals surface area contributed by atoms with Gasteiger partial charge in [0.25, 0.3) is 0 Å². The van der Waals surface area contributed by atoms with Gasteiger partial charge in [-0.15, -0.1) is 24.8 Å². The molecule has 1 amide bonds. The van der Waals surface area contributed by atoms with Crippen molar-refractivity contribution < 1.29 is 9.53 Å². The summed E-state index contributed by atoms with van der Waals surface area (Å²) in [6.45, 7) is 3.51. The molecule has 1 saturated heterocycles. The normalized spacial score (nSPS) is 19.8. The lowest BCUT2D eigenvalue weighted by molar-refractivity contribution is -0.128. The summed E-state index contributed by atoms with van der Waals surface area (Å²) in [4.78, 5) is 14.9. The summed E-state index contributed by atoms with van der Waals surface area (Å²) >= 11 is 5.87. The van der Waals surface area contributed by atoms with Crippen LogP contribution in [0.4, 0.5) is 0 Å². The molecule has 0 bridgehead atoms. The second kappa shape index (κ2) is 12.1. The minimum Gasteiger partial charge on any atom is -0.492 e. The van der Waals surface area contributed by atoms with Crippen molar-refractivity contribution in [2.75, 3.05) is 26.2 Å². The molecule has 3 rings (SSSR count). The van der Waals surface area contributed by atoms with Gasteiger partial charge in [0.05, 0.1) is 5.54 Å². The number of piperidine rings is 1. The molecule has 8 heteroatoms. The van der Waals surface area contributed by atoms with E-state index in [4.69, 9.17) is 22.1 Å². The number of ether oxygens (including phenoxy) is 1. The van der Waals surface area contributed by atoms with Crippen LogP contribution < -0.4 is 15.8 Å². The fourth-order valence-electron chi connectivity index (χ4n) is 3.86. The Morgan fingerprint density at radius 3 is 2.36 bits per heavy atom. The summed E-state index contributed by atoms with van der Waals surface area (Å²) in [5, 5.41) is 3.92. The standard InChI is InChI=1S/C20H30ClN3O2.2ClH/c21-16-4-6-18(7-5-16)26-15-14-24-12-8-17(9-13-24)23-19(25)20(22)10-2-1-3-11-20;;/h4-7,17H,1-3,8-15,22H2,(H,23,25);2*1H. The van der Waals surface area contributed by atoms with Crippen LogP contribution in [0.1, 0.15) is 44.9 Å². The summed E-state index contributed by atoms with van der Waals surface area (Å²) < 4.78 is 5.76. The van der Waals surface area contributed by atoms with Crippen LogP contribution in [-0.4, -0.2) is 48.6 Å². The average molecular weight is 453 g/mol. The van der Waals surface area contributed by atoms with Crippen molar-refractivity contribution in [3.63, 3.8) is 0 Å². The van der Waals surface area contributed by atoms with Crippen LogP contribution in [0.3, 0.4) is 0 Å². The van der Waals surface area contributed by atoms with Crippen LogP contribution in [0, 0.1) is 0 Å². The lowest BCUT2D eigenvalue weighted by Crippen LogP contribution is -2.58. The van der Waals surface area contributed by atoms with Crippen molar-refractivity contribution in [1.82, 2.24) is 10.2 Å². The fraction of sp³-hybridized carbons (Fsp3) is 0.650. The lowest BCUT2D eigenvalue weighted by atomic mass is 9.81. The second-order valence-corrected chi connectivity index (χ2v) is 8.04. The van der Waals surface area contributed by atoms with Gasteiger partial charge in [-0.25, -0.2) is 0 Å². The Morgan fingerprint density at radius 1 is 1.14 bits per heavy atom. The zero-order chi connectivity index (χ0) is 18.4. The molecule has 28 heavy (non-hydrogen) atoms. The lowest BCUT2D eigenvalue weighted by Gasteiger charge is -2.36. The van der Waals surface area contributed by atoms with E-state index in [0.717, 1.165) is 63.9 Å². The Hall–Kier alpha value is -0.720. The van der Waals surface area contributed by atoms with Gasteiger partial charge in [-0.1, -0.05) is 30.9 Å². The van der Waals surface area contributed by atoms with Crippen molar-refractivity contribution >= 4 is 42.3 Å². The number of halogens is 3. The highest BCUT2D eigenvalue weighted by Gasteiger charge is 2.36. The molecule has 3 N–H and O–H groups in total. The van der Waals surface area contributed by atoms with E-state index in [1.165, 1.54) is 6.42 Å². The Labute approximate surface area is 185 Å². The Morgan fingerprint density at radius 2 is 1.75 bits per heavy atom. The molecule has 0 unspecified atom stereocenters. The quantitative estimate of drug-likeness (QED) is 0.689. The Kier molecular flexibility index (Phi) is 10.9. The van der Waals surface area contributed by atoms with E-state index in [0.29, 0.717) is 11.6 Å². The third-order valence-electron chi connectivity index (χ3n) is 5.61. The average Bonchev–Trinajstić information content (AvgIpc) is 2.65. The molecule has 1 aromatic carbocycles. The second-order valence-electron chi connectivity index (χ2n) is 7.61. The summed E-state index contributed by atoms with van der Waals surface area (Å²) in [6, 6.07) is 7.69. The number of nitrogens with two attached hydrogens (primary N) is 1.